The Morgan fingerprint density at radius 1 is 0.862 bits per heavy atom. The van der Waals surface area contributed by atoms with Crippen LogP contribution in [0.3, 0.4) is 0 Å². The molecule has 0 heterocycles. The Labute approximate surface area is 167 Å². The first-order valence-corrected chi connectivity index (χ1v) is 8.93. The van der Waals surface area contributed by atoms with Crippen LogP contribution in [-0.2, 0) is 0 Å². The summed E-state index contributed by atoms with van der Waals surface area (Å²) in [4.78, 5) is 24.5. The van der Waals surface area contributed by atoms with Gasteiger partial charge < -0.3 is 15.4 Å². The topological polar surface area (TPSA) is 67.4 Å². The van der Waals surface area contributed by atoms with Crippen LogP contribution in [0.1, 0.15) is 60.0 Å². The van der Waals surface area contributed by atoms with Crippen LogP contribution in [-0.4, -0.2) is 23.7 Å². The molecule has 2 aromatic carbocycles. The first-order chi connectivity index (χ1) is 13.3. The van der Waals surface area contributed by atoms with E-state index in [4.69, 9.17) is 0 Å². The van der Waals surface area contributed by atoms with Crippen molar-refractivity contribution in [2.24, 2.45) is 0 Å². The van der Waals surface area contributed by atoms with Gasteiger partial charge in [0.2, 0.25) is 0 Å². The number of hydrogen-bond donors (Lipinski definition) is 2. The lowest BCUT2D eigenvalue weighted by molar-refractivity contribution is -0.274. The summed E-state index contributed by atoms with van der Waals surface area (Å²) in [5.41, 5.74) is 1.04. The molecule has 156 valence electrons. The third-order valence-corrected chi connectivity index (χ3v) is 3.86. The number of nitrogens with one attached hydrogen (secondary N) is 2. The van der Waals surface area contributed by atoms with Gasteiger partial charge in [0, 0.05) is 16.7 Å². The van der Waals surface area contributed by atoms with Crippen molar-refractivity contribution >= 4 is 11.8 Å². The zero-order valence-corrected chi connectivity index (χ0v) is 16.6. The Bertz CT molecular complexity index is 855. The van der Waals surface area contributed by atoms with E-state index < -0.39 is 12.4 Å². The van der Waals surface area contributed by atoms with Crippen molar-refractivity contribution in [2.45, 2.75) is 45.6 Å². The normalized spacial score (nSPS) is 12.8. The summed E-state index contributed by atoms with van der Waals surface area (Å²) in [7, 11) is 0. The standard InChI is InChI=1S/C21H23F3N2O3/c1-13(14-9-11-17(12-10-14)29-21(22,23)24)25-18(27)15-5-7-16(8-6-15)19(28)26-20(2,3)4/h5-13H,1-4H3,(H,25,27)(H,26,28). The molecule has 0 radical (unpaired) electrons. The van der Waals surface area contributed by atoms with Crippen LogP contribution in [0.15, 0.2) is 48.5 Å². The molecule has 0 saturated carbocycles. The van der Waals surface area contributed by atoms with Gasteiger partial charge in [-0.2, -0.15) is 0 Å². The van der Waals surface area contributed by atoms with Crippen molar-refractivity contribution in [3.8, 4) is 5.75 Å². The lowest BCUT2D eigenvalue weighted by Crippen LogP contribution is -2.40. The fourth-order valence-corrected chi connectivity index (χ4v) is 2.51. The van der Waals surface area contributed by atoms with E-state index in [1.54, 1.807) is 31.2 Å². The first-order valence-electron chi connectivity index (χ1n) is 8.93. The van der Waals surface area contributed by atoms with Gasteiger partial charge in [0.25, 0.3) is 11.8 Å². The van der Waals surface area contributed by atoms with Crippen LogP contribution in [0.2, 0.25) is 0 Å². The van der Waals surface area contributed by atoms with Gasteiger partial charge in [0.1, 0.15) is 5.75 Å². The molecule has 0 aliphatic heterocycles. The summed E-state index contributed by atoms with van der Waals surface area (Å²) >= 11 is 0. The molecule has 0 fully saturated rings. The van der Waals surface area contributed by atoms with Gasteiger partial charge >= 0.3 is 6.36 Å². The number of alkyl halides is 3. The van der Waals surface area contributed by atoms with Crippen molar-refractivity contribution in [2.75, 3.05) is 0 Å². The number of rotatable bonds is 5. The highest BCUT2D eigenvalue weighted by Gasteiger charge is 2.31. The maximum absolute atomic E-state index is 12.4. The molecule has 2 aromatic rings. The van der Waals surface area contributed by atoms with Gasteiger partial charge in [-0.3, -0.25) is 9.59 Å². The van der Waals surface area contributed by atoms with Crippen molar-refractivity contribution in [3.63, 3.8) is 0 Å². The van der Waals surface area contributed by atoms with E-state index in [-0.39, 0.29) is 23.1 Å². The molecule has 0 bridgehead atoms. The van der Waals surface area contributed by atoms with E-state index in [1.807, 2.05) is 20.8 Å². The van der Waals surface area contributed by atoms with Crippen molar-refractivity contribution < 1.29 is 27.5 Å². The Hall–Kier alpha value is -3.03. The highest BCUT2D eigenvalue weighted by atomic mass is 19.4. The molecule has 2 rings (SSSR count). The smallest absolute Gasteiger partial charge is 0.406 e. The van der Waals surface area contributed by atoms with Crippen LogP contribution in [0.4, 0.5) is 13.2 Å². The molecule has 29 heavy (non-hydrogen) atoms. The average molecular weight is 408 g/mol. The van der Waals surface area contributed by atoms with E-state index in [0.29, 0.717) is 16.7 Å². The Kier molecular flexibility index (Phi) is 6.56. The lowest BCUT2D eigenvalue weighted by atomic mass is 10.1. The summed E-state index contributed by atoms with van der Waals surface area (Å²) in [6.45, 7) is 7.32. The molecule has 0 spiro atoms. The minimum absolute atomic E-state index is 0.237. The highest BCUT2D eigenvalue weighted by molar-refractivity contribution is 5.98. The fraction of sp³-hybridized carbons (Fsp3) is 0.333. The zero-order chi connectivity index (χ0) is 21.8. The van der Waals surface area contributed by atoms with Gasteiger partial charge in [-0.05, 0) is 69.7 Å². The average Bonchev–Trinajstić information content (AvgIpc) is 2.59. The van der Waals surface area contributed by atoms with E-state index >= 15 is 0 Å². The van der Waals surface area contributed by atoms with E-state index in [0.717, 1.165) is 0 Å². The monoisotopic (exact) mass is 408 g/mol. The first kappa shape index (κ1) is 22.3. The van der Waals surface area contributed by atoms with Crippen molar-refractivity contribution in [1.82, 2.24) is 10.6 Å². The maximum Gasteiger partial charge on any atom is 0.573 e. The molecule has 0 aromatic heterocycles. The Morgan fingerprint density at radius 2 is 1.34 bits per heavy atom. The van der Waals surface area contributed by atoms with Gasteiger partial charge in [-0.25, -0.2) is 0 Å². The van der Waals surface area contributed by atoms with E-state index in [2.05, 4.69) is 15.4 Å². The van der Waals surface area contributed by atoms with E-state index in [9.17, 15) is 22.8 Å². The van der Waals surface area contributed by atoms with E-state index in [1.165, 1.54) is 24.3 Å². The molecule has 0 aliphatic carbocycles. The summed E-state index contributed by atoms with van der Waals surface area (Å²) in [5.74, 6) is -0.932. The molecule has 1 atom stereocenters. The van der Waals surface area contributed by atoms with Crippen molar-refractivity contribution in [1.29, 1.82) is 0 Å². The lowest BCUT2D eigenvalue weighted by Gasteiger charge is -2.20. The summed E-state index contributed by atoms with van der Waals surface area (Å²) in [5, 5.41) is 5.60. The number of carbonyl (C=O) groups is 2. The Balaban J connectivity index is 1.99. The number of hydrogen-bond acceptors (Lipinski definition) is 3. The minimum atomic E-state index is -4.75. The second-order valence-electron chi connectivity index (χ2n) is 7.59. The SMILES string of the molecule is CC(NC(=O)c1ccc(C(=O)NC(C)(C)C)cc1)c1ccc(OC(F)(F)F)cc1. The van der Waals surface area contributed by atoms with Crippen LogP contribution >= 0.6 is 0 Å². The minimum Gasteiger partial charge on any atom is -0.406 e. The van der Waals surface area contributed by atoms with Crippen LogP contribution in [0.5, 0.6) is 5.75 Å². The van der Waals surface area contributed by atoms with Crippen LogP contribution in [0.25, 0.3) is 0 Å². The predicted octanol–water partition coefficient (Wildman–Crippen LogP) is 4.60. The molecular formula is C21H23F3N2O3. The molecule has 0 aliphatic rings. The zero-order valence-electron chi connectivity index (χ0n) is 16.6. The van der Waals surface area contributed by atoms with Crippen molar-refractivity contribution in [3.05, 3.63) is 65.2 Å². The number of amides is 2. The third-order valence-electron chi connectivity index (χ3n) is 3.86. The largest absolute Gasteiger partial charge is 0.573 e. The predicted molar refractivity (Wildman–Crippen MR) is 103 cm³/mol. The summed E-state index contributed by atoms with van der Waals surface area (Å²) in [6.07, 6.45) is -4.75. The summed E-state index contributed by atoms with van der Waals surface area (Å²) < 4.78 is 40.5. The summed E-state index contributed by atoms with van der Waals surface area (Å²) in [6, 6.07) is 11.0. The third kappa shape index (κ3) is 7.14. The molecular weight excluding hydrogens is 385 g/mol. The van der Waals surface area contributed by atoms with Crippen LogP contribution < -0.4 is 15.4 Å². The maximum atomic E-state index is 12.4. The number of ether oxygens (including phenoxy) is 1. The number of benzene rings is 2. The molecule has 5 nitrogen and oxygen atoms in total. The Morgan fingerprint density at radius 3 is 1.79 bits per heavy atom. The van der Waals surface area contributed by atoms with Gasteiger partial charge in [0.15, 0.2) is 0 Å². The van der Waals surface area contributed by atoms with Gasteiger partial charge in [-0.15, -0.1) is 13.2 Å². The molecule has 2 amide bonds. The second-order valence-corrected chi connectivity index (χ2v) is 7.59. The quantitative estimate of drug-likeness (QED) is 0.760. The number of halogens is 3. The van der Waals surface area contributed by atoms with Gasteiger partial charge in [0.05, 0.1) is 6.04 Å². The molecule has 2 N–H and O–H groups in total. The highest BCUT2D eigenvalue weighted by Crippen LogP contribution is 2.24. The number of carbonyl (C=O) groups excluding carboxylic acids is 2. The van der Waals surface area contributed by atoms with Crippen LogP contribution in [0, 0.1) is 0 Å². The molecule has 8 heteroatoms. The molecule has 1 unspecified atom stereocenters. The second kappa shape index (κ2) is 8.55. The molecule has 0 saturated heterocycles. The fourth-order valence-electron chi connectivity index (χ4n) is 2.51. The van der Waals surface area contributed by atoms with Gasteiger partial charge in [-0.1, -0.05) is 12.1 Å².